The van der Waals surface area contributed by atoms with E-state index < -0.39 is 0 Å². The molecule has 3 aliphatic rings. The SMILES string of the molecule is [C]1=CC=C2OC3C=CC=C3C=C12. The fourth-order valence-electron chi connectivity index (χ4n) is 1.60. The minimum absolute atomic E-state index is 0.147. The lowest BCUT2D eigenvalue weighted by Crippen LogP contribution is -2.14. The van der Waals surface area contributed by atoms with E-state index in [1.54, 1.807) is 0 Å². The maximum atomic E-state index is 5.68. The van der Waals surface area contributed by atoms with Crippen LogP contribution in [-0.2, 0) is 4.74 Å². The van der Waals surface area contributed by atoms with Crippen LogP contribution in [0.25, 0.3) is 0 Å². The summed E-state index contributed by atoms with van der Waals surface area (Å²) in [6, 6.07) is 0. The molecule has 1 radical (unpaired) electrons. The van der Waals surface area contributed by atoms with Crippen LogP contribution in [0.3, 0.4) is 0 Å². The van der Waals surface area contributed by atoms with Crippen molar-refractivity contribution in [2.45, 2.75) is 6.10 Å². The third-order valence-corrected chi connectivity index (χ3v) is 2.21. The number of hydrogen-bond acceptors (Lipinski definition) is 1. The molecule has 0 saturated carbocycles. The quantitative estimate of drug-likeness (QED) is 0.520. The Labute approximate surface area is 71.0 Å². The number of allylic oxidation sites excluding steroid dienone is 5. The van der Waals surface area contributed by atoms with Gasteiger partial charge in [0.05, 0.1) is 0 Å². The molecule has 0 aromatic rings. The first-order valence-corrected chi connectivity index (χ1v) is 4.01. The van der Waals surface area contributed by atoms with Crippen LogP contribution in [0, 0.1) is 6.08 Å². The molecule has 0 saturated heterocycles. The van der Waals surface area contributed by atoms with E-state index >= 15 is 0 Å². The van der Waals surface area contributed by atoms with E-state index in [1.165, 1.54) is 5.57 Å². The highest BCUT2D eigenvalue weighted by atomic mass is 16.5. The minimum Gasteiger partial charge on any atom is -0.481 e. The van der Waals surface area contributed by atoms with Gasteiger partial charge in [0.1, 0.15) is 11.9 Å². The summed E-state index contributed by atoms with van der Waals surface area (Å²) >= 11 is 0. The van der Waals surface area contributed by atoms with Gasteiger partial charge in [-0.25, -0.2) is 0 Å². The molecule has 0 amide bonds. The molecule has 0 bridgehead atoms. The van der Waals surface area contributed by atoms with Crippen molar-refractivity contribution >= 4 is 0 Å². The molecule has 1 atom stereocenters. The minimum atomic E-state index is 0.147. The third kappa shape index (κ3) is 0.681. The van der Waals surface area contributed by atoms with Gasteiger partial charge in [-0.1, -0.05) is 12.2 Å². The van der Waals surface area contributed by atoms with E-state index in [1.807, 2.05) is 18.2 Å². The zero-order valence-electron chi connectivity index (χ0n) is 6.45. The van der Waals surface area contributed by atoms with Crippen LogP contribution in [0.4, 0.5) is 0 Å². The highest BCUT2D eigenvalue weighted by Crippen LogP contribution is 2.32. The van der Waals surface area contributed by atoms with Gasteiger partial charge in [-0.2, -0.15) is 0 Å². The molecule has 12 heavy (non-hydrogen) atoms. The molecular formula is C11H7O. The molecule has 0 N–H and O–H groups in total. The van der Waals surface area contributed by atoms with E-state index in [2.05, 4.69) is 24.3 Å². The molecule has 0 aromatic heterocycles. The number of rotatable bonds is 0. The zero-order valence-corrected chi connectivity index (χ0v) is 6.45. The third-order valence-electron chi connectivity index (χ3n) is 2.21. The first-order chi connectivity index (χ1) is 5.93. The highest BCUT2D eigenvalue weighted by molar-refractivity contribution is 5.52. The Kier molecular flexibility index (Phi) is 1.01. The van der Waals surface area contributed by atoms with Crippen molar-refractivity contribution in [3.63, 3.8) is 0 Å². The van der Waals surface area contributed by atoms with Gasteiger partial charge in [-0.15, -0.1) is 0 Å². The summed E-state index contributed by atoms with van der Waals surface area (Å²) in [6.07, 6.45) is 15.4. The second-order valence-electron chi connectivity index (χ2n) is 2.99. The zero-order chi connectivity index (χ0) is 7.97. The summed E-state index contributed by atoms with van der Waals surface area (Å²) in [4.78, 5) is 0. The number of hydrogen-bond donors (Lipinski definition) is 0. The van der Waals surface area contributed by atoms with Crippen molar-refractivity contribution in [2.24, 2.45) is 0 Å². The molecule has 1 unspecified atom stereocenters. The Hall–Kier alpha value is -1.50. The normalized spacial score (nSPS) is 28.7. The highest BCUT2D eigenvalue weighted by Gasteiger charge is 2.24. The van der Waals surface area contributed by atoms with Crippen LogP contribution in [0.5, 0.6) is 0 Å². The Morgan fingerprint density at radius 1 is 1.33 bits per heavy atom. The van der Waals surface area contributed by atoms with Crippen LogP contribution in [-0.4, -0.2) is 6.10 Å². The average Bonchev–Trinajstić information content (AvgIpc) is 2.64. The van der Waals surface area contributed by atoms with Crippen molar-refractivity contribution in [3.05, 3.63) is 59.4 Å². The first kappa shape index (κ1) is 6.06. The Balaban J connectivity index is 2.12. The lowest BCUT2D eigenvalue weighted by atomic mass is 10.1. The summed E-state index contributed by atoms with van der Waals surface area (Å²) in [5, 5.41) is 0. The average molecular weight is 155 g/mol. The summed E-state index contributed by atoms with van der Waals surface area (Å²) in [6.45, 7) is 0. The van der Waals surface area contributed by atoms with Gasteiger partial charge >= 0.3 is 0 Å². The van der Waals surface area contributed by atoms with E-state index in [0.29, 0.717) is 0 Å². The summed E-state index contributed by atoms with van der Waals surface area (Å²) in [7, 11) is 0. The lowest BCUT2D eigenvalue weighted by Gasteiger charge is -2.21. The molecule has 3 rings (SSSR count). The van der Waals surface area contributed by atoms with E-state index in [-0.39, 0.29) is 6.10 Å². The molecule has 1 heteroatoms. The van der Waals surface area contributed by atoms with Crippen molar-refractivity contribution in [3.8, 4) is 0 Å². The second-order valence-corrected chi connectivity index (χ2v) is 2.99. The number of ether oxygens (including phenoxy) is 1. The smallest absolute Gasteiger partial charge is 0.142 e. The molecule has 1 nitrogen and oxygen atoms in total. The molecule has 0 spiro atoms. The van der Waals surface area contributed by atoms with Crippen molar-refractivity contribution in [1.82, 2.24) is 0 Å². The van der Waals surface area contributed by atoms with Gasteiger partial charge in [0, 0.05) is 5.57 Å². The van der Waals surface area contributed by atoms with E-state index in [4.69, 9.17) is 4.74 Å². The van der Waals surface area contributed by atoms with Crippen LogP contribution < -0.4 is 0 Å². The van der Waals surface area contributed by atoms with Crippen LogP contribution in [0.1, 0.15) is 0 Å². The van der Waals surface area contributed by atoms with Gasteiger partial charge in [0.25, 0.3) is 0 Å². The van der Waals surface area contributed by atoms with Crippen molar-refractivity contribution in [1.29, 1.82) is 0 Å². The summed E-state index contributed by atoms with van der Waals surface area (Å²) < 4.78 is 5.68. The Morgan fingerprint density at radius 3 is 3.33 bits per heavy atom. The molecular weight excluding hydrogens is 148 g/mol. The number of fused-ring (bicyclic) bond motifs is 2. The van der Waals surface area contributed by atoms with Crippen molar-refractivity contribution in [2.75, 3.05) is 0 Å². The fourth-order valence-corrected chi connectivity index (χ4v) is 1.60. The molecule has 57 valence electrons. The van der Waals surface area contributed by atoms with E-state index in [0.717, 1.165) is 11.3 Å². The Bertz CT molecular complexity index is 378. The second kappa shape index (κ2) is 2.01. The van der Waals surface area contributed by atoms with Crippen LogP contribution >= 0.6 is 0 Å². The molecule has 0 aromatic carbocycles. The summed E-state index contributed by atoms with van der Waals surface area (Å²) in [5.74, 6) is 0.948. The molecule has 2 aliphatic carbocycles. The predicted octanol–water partition coefficient (Wildman–Crippen LogP) is 2.06. The molecule has 0 fully saturated rings. The lowest BCUT2D eigenvalue weighted by molar-refractivity contribution is 0.190. The standard InChI is InChI=1S/C11H7O/c1-3-8-7-9-4-2-6-11(9)12-10(8)5-1/h1-3,5-7,10H. The van der Waals surface area contributed by atoms with Gasteiger partial charge in [0.15, 0.2) is 0 Å². The van der Waals surface area contributed by atoms with E-state index in [9.17, 15) is 0 Å². The maximum Gasteiger partial charge on any atom is 0.142 e. The van der Waals surface area contributed by atoms with Crippen LogP contribution in [0.2, 0.25) is 0 Å². The predicted molar refractivity (Wildman–Crippen MR) is 46.1 cm³/mol. The molecule has 1 heterocycles. The topological polar surface area (TPSA) is 9.23 Å². The van der Waals surface area contributed by atoms with Crippen LogP contribution in [0.15, 0.2) is 53.4 Å². The largest absolute Gasteiger partial charge is 0.481 e. The Morgan fingerprint density at radius 2 is 2.33 bits per heavy atom. The summed E-state index contributed by atoms with van der Waals surface area (Å²) in [5.41, 5.74) is 2.30. The van der Waals surface area contributed by atoms with Crippen molar-refractivity contribution < 1.29 is 4.74 Å². The van der Waals surface area contributed by atoms with Gasteiger partial charge < -0.3 is 4.74 Å². The fraction of sp³-hybridized carbons (Fsp3) is 0.0909. The molecule has 1 aliphatic heterocycles. The monoisotopic (exact) mass is 155 g/mol. The van der Waals surface area contributed by atoms with Gasteiger partial charge in [-0.05, 0) is 36.0 Å². The first-order valence-electron chi connectivity index (χ1n) is 4.01. The maximum absolute atomic E-state index is 5.68. The van der Waals surface area contributed by atoms with Gasteiger partial charge in [-0.3, -0.25) is 0 Å². The van der Waals surface area contributed by atoms with Gasteiger partial charge in [0.2, 0.25) is 0 Å².